The molecule has 0 amide bonds. The van der Waals surface area contributed by atoms with Gasteiger partial charge in [0, 0.05) is 30.1 Å². The van der Waals surface area contributed by atoms with Gasteiger partial charge >= 0.3 is 6.18 Å². The van der Waals surface area contributed by atoms with E-state index in [0.29, 0.717) is 42.4 Å². The van der Waals surface area contributed by atoms with Gasteiger partial charge in [0.05, 0.1) is 16.9 Å². The molecule has 0 atom stereocenters. The van der Waals surface area contributed by atoms with Crippen LogP contribution in [0.25, 0.3) is 5.69 Å². The van der Waals surface area contributed by atoms with Gasteiger partial charge in [-0.05, 0) is 31.3 Å². The Morgan fingerprint density at radius 1 is 1.24 bits per heavy atom. The number of carbonyl (C=O) groups excluding carboxylic acids is 1. The van der Waals surface area contributed by atoms with Crippen molar-refractivity contribution in [1.82, 2.24) is 9.88 Å². The Bertz CT molecular complexity index is 854. The van der Waals surface area contributed by atoms with Gasteiger partial charge in [-0.2, -0.15) is 13.2 Å². The highest BCUT2D eigenvalue weighted by Crippen LogP contribution is 2.47. The average molecular weight is 371 g/mol. The second kappa shape index (κ2) is 5.51. The van der Waals surface area contributed by atoms with E-state index < -0.39 is 17.6 Å². The van der Waals surface area contributed by atoms with E-state index in [0.717, 1.165) is 0 Å². The van der Waals surface area contributed by atoms with Crippen molar-refractivity contribution in [3.05, 3.63) is 46.7 Å². The summed E-state index contributed by atoms with van der Waals surface area (Å²) in [7, 11) is 0. The number of hydrogen-bond donors (Lipinski definition) is 1. The van der Waals surface area contributed by atoms with E-state index in [-0.39, 0.29) is 11.3 Å². The molecule has 1 aromatic carbocycles. The van der Waals surface area contributed by atoms with E-state index >= 15 is 0 Å². The Kier molecular flexibility index (Phi) is 3.63. The summed E-state index contributed by atoms with van der Waals surface area (Å²) in [6, 6.07) is 6.19. The Labute approximate surface area is 146 Å². The van der Waals surface area contributed by atoms with Gasteiger partial charge in [-0.1, -0.05) is 11.6 Å². The summed E-state index contributed by atoms with van der Waals surface area (Å²) >= 11 is 6.04. The average Bonchev–Trinajstić information content (AvgIpc) is 3.00. The first-order chi connectivity index (χ1) is 11.8. The van der Waals surface area contributed by atoms with Gasteiger partial charge < -0.3 is 14.6 Å². The van der Waals surface area contributed by atoms with Crippen molar-refractivity contribution >= 4 is 17.4 Å². The predicted octanol–water partition coefficient (Wildman–Crippen LogP) is 3.85. The minimum atomic E-state index is -4.93. The van der Waals surface area contributed by atoms with Gasteiger partial charge in [0.2, 0.25) is 0 Å². The van der Waals surface area contributed by atoms with Crippen LogP contribution in [0.1, 0.15) is 28.9 Å². The van der Waals surface area contributed by atoms with Gasteiger partial charge in [0.1, 0.15) is 5.75 Å². The second-order valence-electron chi connectivity index (χ2n) is 6.23. The number of ketones is 1. The van der Waals surface area contributed by atoms with Crippen LogP contribution in [-0.4, -0.2) is 29.6 Å². The van der Waals surface area contributed by atoms with Crippen LogP contribution in [0.5, 0.6) is 5.75 Å². The number of carbonyl (C=O) groups is 1. The third-order valence-electron chi connectivity index (χ3n) is 4.72. The topological polar surface area (TPSA) is 43.3 Å². The number of rotatable bonds is 1. The zero-order valence-corrected chi connectivity index (χ0v) is 13.7. The molecule has 25 heavy (non-hydrogen) atoms. The van der Waals surface area contributed by atoms with Crippen LogP contribution in [0.3, 0.4) is 0 Å². The van der Waals surface area contributed by atoms with Crippen molar-refractivity contribution in [3.63, 3.8) is 0 Å². The lowest BCUT2D eigenvalue weighted by molar-refractivity contribution is -0.0889. The van der Waals surface area contributed by atoms with Crippen molar-refractivity contribution in [1.29, 1.82) is 0 Å². The minimum absolute atomic E-state index is 0.270. The Morgan fingerprint density at radius 2 is 1.96 bits per heavy atom. The van der Waals surface area contributed by atoms with Crippen LogP contribution >= 0.6 is 11.6 Å². The normalized spacial score (nSPS) is 18.4. The molecule has 4 nitrogen and oxygen atoms in total. The van der Waals surface area contributed by atoms with Crippen molar-refractivity contribution in [2.24, 2.45) is 0 Å². The number of aromatic nitrogens is 1. The number of fused-ring (bicyclic) bond motifs is 4. The smallest absolute Gasteiger partial charge is 0.454 e. The summed E-state index contributed by atoms with van der Waals surface area (Å²) in [4.78, 5) is 12.0. The predicted molar refractivity (Wildman–Crippen MR) is 85.6 cm³/mol. The van der Waals surface area contributed by atoms with Crippen LogP contribution < -0.4 is 10.1 Å². The molecule has 1 saturated heterocycles. The number of halogens is 4. The van der Waals surface area contributed by atoms with E-state index in [1.807, 2.05) is 0 Å². The minimum Gasteiger partial charge on any atom is -0.479 e. The molecule has 0 radical (unpaired) electrons. The summed E-state index contributed by atoms with van der Waals surface area (Å²) in [5.74, 6) is -1.34. The number of benzene rings is 1. The summed E-state index contributed by atoms with van der Waals surface area (Å²) < 4.78 is 47.0. The fourth-order valence-electron chi connectivity index (χ4n) is 3.63. The SMILES string of the molecule is O=C(c1ccn2c1C1(CCNCC1)Oc1cc(Cl)ccc1-2)C(F)(F)F. The molecule has 1 spiro atoms. The molecular formula is C17H14ClF3N2O2. The van der Waals surface area contributed by atoms with E-state index in [1.165, 1.54) is 12.3 Å². The van der Waals surface area contributed by atoms with Crippen molar-refractivity contribution < 1.29 is 22.7 Å². The lowest BCUT2D eigenvalue weighted by atomic mass is 9.84. The molecule has 1 fully saturated rings. The van der Waals surface area contributed by atoms with Crippen LogP contribution in [0.15, 0.2) is 30.5 Å². The van der Waals surface area contributed by atoms with Crippen molar-refractivity contribution in [2.75, 3.05) is 13.1 Å². The highest BCUT2D eigenvalue weighted by atomic mass is 35.5. The first kappa shape index (κ1) is 16.5. The van der Waals surface area contributed by atoms with Gasteiger partial charge in [-0.15, -0.1) is 0 Å². The quantitative estimate of drug-likeness (QED) is 0.775. The third kappa shape index (κ3) is 2.53. The van der Waals surface area contributed by atoms with Crippen LogP contribution in [0.4, 0.5) is 13.2 Å². The van der Waals surface area contributed by atoms with E-state index in [4.69, 9.17) is 16.3 Å². The molecule has 4 rings (SSSR count). The molecule has 2 aromatic rings. The molecule has 8 heteroatoms. The van der Waals surface area contributed by atoms with Crippen LogP contribution in [0, 0.1) is 0 Å². The number of Topliss-reactive ketones (excluding diaryl/α,β-unsaturated/α-hetero) is 1. The van der Waals surface area contributed by atoms with E-state index in [1.54, 1.807) is 22.8 Å². The lowest BCUT2D eigenvalue weighted by Gasteiger charge is -2.43. The monoisotopic (exact) mass is 370 g/mol. The number of piperidine rings is 1. The zero-order chi connectivity index (χ0) is 17.8. The summed E-state index contributed by atoms with van der Waals surface area (Å²) in [5.41, 5.74) is -0.492. The number of ether oxygens (including phenoxy) is 1. The highest BCUT2D eigenvalue weighted by Gasteiger charge is 2.49. The molecule has 2 aliphatic heterocycles. The Balaban J connectivity index is 1.95. The summed E-state index contributed by atoms with van der Waals surface area (Å²) in [6.45, 7) is 1.17. The fraction of sp³-hybridized carbons (Fsp3) is 0.353. The maximum atomic E-state index is 13.1. The second-order valence-corrected chi connectivity index (χ2v) is 6.67. The molecule has 3 heterocycles. The molecule has 0 bridgehead atoms. The van der Waals surface area contributed by atoms with Gasteiger partial charge in [0.15, 0.2) is 5.60 Å². The zero-order valence-electron chi connectivity index (χ0n) is 13.0. The molecular weight excluding hydrogens is 357 g/mol. The van der Waals surface area contributed by atoms with Crippen LogP contribution in [-0.2, 0) is 5.60 Å². The van der Waals surface area contributed by atoms with Gasteiger partial charge in [0.25, 0.3) is 5.78 Å². The largest absolute Gasteiger partial charge is 0.479 e. The molecule has 0 aliphatic carbocycles. The number of nitrogens with one attached hydrogen (secondary N) is 1. The maximum Gasteiger partial charge on any atom is 0.454 e. The molecule has 132 valence electrons. The summed E-state index contributed by atoms with van der Waals surface area (Å²) in [6.07, 6.45) is -2.52. The molecule has 1 N–H and O–H groups in total. The fourth-order valence-corrected chi connectivity index (χ4v) is 3.79. The Hall–Kier alpha value is -1.99. The molecule has 2 aliphatic rings. The standard InChI is InChI=1S/C17H14ClF3N2O2/c18-10-1-2-12-13(9-10)25-16(4-6-22-7-5-16)14-11(3-8-23(12)14)15(24)17(19,20)21/h1-3,8-9,22H,4-7H2. The number of hydrogen-bond acceptors (Lipinski definition) is 3. The van der Waals surface area contributed by atoms with E-state index in [9.17, 15) is 18.0 Å². The maximum absolute atomic E-state index is 13.1. The van der Waals surface area contributed by atoms with Crippen LogP contribution in [0.2, 0.25) is 5.02 Å². The molecule has 0 unspecified atom stereocenters. The van der Waals surface area contributed by atoms with E-state index in [2.05, 4.69) is 5.32 Å². The Morgan fingerprint density at radius 3 is 2.64 bits per heavy atom. The first-order valence-electron chi connectivity index (χ1n) is 7.85. The number of alkyl halides is 3. The number of nitrogens with zero attached hydrogens (tertiary/aromatic N) is 1. The first-order valence-corrected chi connectivity index (χ1v) is 8.23. The summed E-state index contributed by atoms with van der Waals surface area (Å²) in [5, 5.41) is 3.65. The van der Waals surface area contributed by atoms with Gasteiger partial charge in [-0.3, -0.25) is 4.79 Å². The van der Waals surface area contributed by atoms with Crippen molar-refractivity contribution in [2.45, 2.75) is 24.6 Å². The highest BCUT2D eigenvalue weighted by molar-refractivity contribution is 6.30. The molecule has 1 aromatic heterocycles. The van der Waals surface area contributed by atoms with Gasteiger partial charge in [-0.25, -0.2) is 0 Å². The molecule has 0 saturated carbocycles. The van der Waals surface area contributed by atoms with Crippen molar-refractivity contribution in [3.8, 4) is 11.4 Å². The third-order valence-corrected chi connectivity index (χ3v) is 4.95. The lowest BCUT2D eigenvalue weighted by Crippen LogP contribution is -2.48.